The molecular formula is C28H41N3O5. The van der Waals surface area contributed by atoms with Gasteiger partial charge in [0.2, 0.25) is 0 Å². The highest BCUT2D eigenvalue weighted by molar-refractivity contribution is 5.43. The Labute approximate surface area is 215 Å². The van der Waals surface area contributed by atoms with E-state index in [0.29, 0.717) is 26.2 Å². The first-order valence-corrected chi connectivity index (χ1v) is 11.8. The van der Waals surface area contributed by atoms with Gasteiger partial charge < -0.3 is 40.9 Å². The van der Waals surface area contributed by atoms with Crippen LogP contribution in [0.4, 0.5) is 0 Å². The lowest BCUT2D eigenvalue weighted by Crippen LogP contribution is -2.10. The quantitative estimate of drug-likeness (QED) is 0.367. The second-order valence-corrected chi connectivity index (χ2v) is 7.39. The first-order valence-electron chi connectivity index (χ1n) is 11.8. The van der Waals surface area contributed by atoms with Crippen molar-refractivity contribution in [3.63, 3.8) is 0 Å². The summed E-state index contributed by atoms with van der Waals surface area (Å²) in [5.74, 6) is 4.10. The van der Waals surface area contributed by atoms with E-state index in [0.717, 1.165) is 47.2 Å². The number of ether oxygens (including phenoxy) is 5. The molecule has 3 rings (SSSR count). The molecule has 0 unspecified atom stereocenters. The van der Waals surface area contributed by atoms with Crippen molar-refractivity contribution in [3.8, 4) is 28.7 Å². The molecule has 6 N–H and O–H groups in total. The zero-order valence-corrected chi connectivity index (χ0v) is 21.9. The Hall–Kier alpha value is -3.46. The first-order chi connectivity index (χ1) is 17.6. The van der Waals surface area contributed by atoms with Gasteiger partial charge in [0.15, 0.2) is 11.5 Å². The number of benzene rings is 3. The summed E-state index contributed by atoms with van der Waals surface area (Å²) in [6.45, 7) is 2.41. The van der Waals surface area contributed by atoms with E-state index >= 15 is 0 Å². The molecule has 0 aliphatic rings. The highest BCUT2D eigenvalue weighted by Crippen LogP contribution is 2.27. The molecule has 0 heterocycles. The molecule has 0 spiro atoms. The summed E-state index contributed by atoms with van der Waals surface area (Å²) in [6.07, 6.45) is 1.67. The normalized spacial score (nSPS) is 9.64. The molecule has 8 heteroatoms. The molecule has 3 aromatic rings. The Morgan fingerprint density at radius 3 is 1.75 bits per heavy atom. The molecule has 3 aromatic carbocycles. The van der Waals surface area contributed by atoms with Crippen LogP contribution in [0.25, 0.3) is 0 Å². The molecule has 0 aromatic heterocycles. The van der Waals surface area contributed by atoms with Gasteiger partial charge in [-0.2, -0.15) is 0 Å². The van der Waals surface area contributed by atoms with Gasteiger partial charge in [-0.15, -0.1) is 0 Å². The second-order valence-electron chi connectivity index (χ2n) is 7.39. The fraction of sp³-hybridized carbons (Fsp3) is 0.357. The molecule has 0 aliphatic carbocycles. The van der Waals surface area contributed by atoms with Gasteiger partial charge in [0.05, 0.1) is 28.4 Å². The van der Waals surface area contributed by atoms with E-state index in [1.165, 1.54) is 5.56 Å². The van der Waals surface area contributed by atoms with E-state index in [-0.39, 0.29) is 0 Å². The number of rotatable bonds is 11. The summed E-state index contributed by atoms with van der Waals surface area (Å²) in [6, 6.07) is 21.2. The van der Waals surface area contributed by atoms with Crippen LogP contribution in [0.1, 0.15) is 11.1 Å². The van der Waals surface area contributed by atoms with E-state index in [4.69, 9.17) is 40.9 Å². The van der Waals surface area contributed by atoms with Crippen LogP contribution in [0.2, 0.25) is 0 Å². The van der Waals surface area contributed by atoms with Crippen LogP contribution in [-0.2, 0) is 12.8 Å². The van der Waals surface area contributed by atoms with Crippen molar-refractivity contribution in [3.05, 3.63) is 77.9 Å². The molecular weight excluding hydrogens is 458 g/mol. The van der Waals surface area contributed by atoms with Crippen molar-refractivity contribution < 1.29 is 23.7 Å². The largest absolute Gasteiger partial charge is 0.497 e. The Balaban J connectivity index is 0.000000273. The third-order valence-corrected chi connectivity index (χ3v) is 4.91. The Morgan fingerprint density at radius 2 is 1.19 bits per heavy atom. The highest BCUT2D eigenvalue weighted by Gasteiger charge is 2.04. The number of hydrogen-bond acceptors (Lipinski definition) is 8. The van der Waals surface area contributed by atoms with Crippen molar-refractivity contribution in [2.24, 2.45) is 17.2 Å². The van der Waals surface area contributed by atoms with Crippen LogP contribution < -0.4 is 40.9 Å². The molecule has 0 fully saturated rings. The van der Waals surface area contributed by atoms with E-state index in [2.05, 4.69) is 0 Å². The Kier molecular flexibility index (Phi) is 16.0. The summed E-state index contributed by atoms with van der Waals surface area (Å²) in [5.41, 5.74) is 18.4. The topological polar surface area (TPSA) is 124 Å². The molecule has 198 valence electrons. The number of para-hydroxylation sites is 1. The zero-order valence-electron chi connectivity index (χ0n) is 21.9. The van der Waals surface area contributed by atoms with Crippen LogP contribution in [0.15, 0.2) is 66.7 Å². The van der Waals surface area contributed by atoms with Crippen molar-refractivity contribution in [1.29, 1.82) is 0 Å². The van der Waals surface area contributed by atoms with Gasteiger partial charge in [-0.25, -0.2) is 0 Å². The maximum Gasteiger partial charge on any atom is 0.160 e. The van der Waals surface area contributed by atoms with Crippen LogP contribution in [0.5, 0.6) is 28.7 Å². The first kappa shape index (κ1) is 30.6. The average Bonchev–Trinajstić information content (AvgIpc) is 2.93. The van der Waals surface area contributed by atoms with E-state index in [1.807, 2.05) is 66.7 Å². The van der Waals surface area contributed by atoms with Gasteiger partial charge in [0, 0.05) is 6.54 Å². The molecule has 0 saturated heterocycles. The number of hydrogen-bond donors (Lipinski definition) is 3. The van der Waals surface area contributed by atoms with Crippen LogP contribution >= 0.6 is 0 Å². The second kappa shape index (κ2) is 18.8. The summed E-state index contributed by atoms with van der Waals surface area (Å²) >= 11 is 0. The van der Waals surface area contributed by atoms with Gasteiger partial charge in [-0.05, 0) is 79.5 Å². The van der Waals surface area contributed by atoms with Crippen molar-refractivity contribution in [2.45, 2.75) is 12.8 Å². The van der Waals surface area contributed by atoms with Crippen LogP contribution in [0.3, 0.4) is 0 Å². The minimum absolute atomic E-state index is 0.564. The molecule has 8 nitrogen and oxygen atoms in total. The maximum atomic E-state index is 5.48. The molecule has 0 atom stereocenters. The predicted octanol–water partition coefficient (Wildman–Crippen LogP) is 3.43. The zero-order chi connectivity index (χ0) is 26.6. The summed E-state index contributed by atoms with van der Waals surface area (Å²) in [7, 11) is 6.56. The molecule has 36 heavy (non-hydrogen) atoms. The van der Waals surface area contributed by atoms with Crippen molar-refractivity contribution >= 4 is 0 Å². The van der Waals surface area contributed by atoms with Crippen LogP contribution in [0, 0.1) is 0 Å². The number of methoxy groups -OCH3 is 4. The lowest BCUT2D eigenvalue weighted by molar-refractivity contribution is 0.328. The summed E-state index contributed by atoms with van der Waals surface area (Å²) in [4.78, 5) is 0. The fourth-order valence-corrected chi connectivity index (χ4v) is 3.13. The Bertz CT molecular complexity index is 971. The van der Waals surface area contributed by atoms with Gasteiger partial charge >= 0.3 is 0 Å². The molecule has 0 bridgehead atoms. The van der Waals surface area contributed by atoms with E-state index in [1.54, 1.807) is 28.4 Å². The summed E-state index contributed by atoms with van der Waals surface area (Å²) < 4.78 is 25.8. The van der Waals surface area contributed by atoms with Gasteiger partial charge in [-0.3, -0.25) is 0 Å². The smallest absolute Gasteiger partial charge is 0.160 e. The lowest BCUT2D eigenvalue weighted by Gasteiger charge is -2.08. The standard InChI is InChI=1S/2C10H15NO2.C8H11NO/c1-12-9-3-4-10(13-2)8(7-9)5-6-11;1-12-9-4-3-8(5-6-11)7-10(9)13-2;9-6-7-10-8-4-2-1-3-5-8/h2*3-4,7H,5-6,11H2,1-2H3;1-5H,6-7,9H2. The summed E-state index contributed by atoms with van der Waals surface area (Å²) in [5, 5.41) is 0. The van der Waals surface area contributed by atoms with Gasteiger partial charge in [-0.1, -0.05) is 24.3 Å². The third kappa shape index (κ3) is 11.3. The van der Waals surface area contributed by atoms with Gasteiger partial charge in [0.25, 0.3) is 0 Å². The molecule has 0 amide bonds. The Morgan fingerprint density at radius 1 is 0.556 bits per heavy atom. The predicted molar refractivity (Wildman–Crippen MR) is 146 cm³/mol. The van der Waals surface area contributed by atoms with E-state index < -0.39 is 0 Å². The minimum Gasteiger partial charge on any atom is -0.497 e. The third-order valence-electron chi connectivity index (χ3n) is 4.91. The van der Waals surface area contributed by atoms with Crippen molar-refractivity contribution in [1.82, 2.24) is 0 Å². The maximum absolute atomic E-state index is 5.48. The van der Waals surface area contributed by atoms with E-state index in [9.17, 15) is 0 Å². The fourth-order valence-electron chi connectivity index (χ4n) is 3.13. The monoisotopic (exact) mass is 499 g/mol. The molecule has 0 radical (unpaired) electrons. The number of nitrogens with two attached hydrogens (primary N) is 3. The van der Waals surface area contributed by atoms with Crippen molar-refractivity contribution in [2.75, 3.05) is 54.7 Å². The minimum atomic E-state index is 0.564. The van der Waals surface area contributed by atoms with Crippen LogP contribution in [-0.4, -0.2) is 54.7 Å². The average molecular weight is 500 g/mol. The molecule has 0 saturated carbocycles. The SMILES string of the molecule is COc1ccc(CCN)cc1OC.COc1ccc(OC)c(CCN)c1.NCCOc1ccccc1. The molecule has 0 aliphatic heterocycles. The highest BCUT2D eigenvalue weighted by atomic mass is 16.5. The lowest BCUT2D eigenvalue weighted by atomic mass is 10.1. The van der Waals surface area contributed by atoms with Gasteiger partial charge in [0.1, 0.15) is 23.9 Å².